The third kappa shape index (κ3) is 3.10. The molecule has 1 aromatic heterocycles. The smallest absolute Gasteiger partial charge is 0.228 e. The van der Waals surface area contributed by atoms with E-state index < -0.39 is 0 Å². The maximum Gasteiger partial charge on any atom is 0.228 e. The van der Waals surface area contributed by atoms with Crippen molar-refractivity contribution in [3.63, 3.8) is 0 Å². The molecule has 0 saturated carbocycles. The summed E-state index contributed by atoms with van der Waals surface area (Å²) in [5, 5.41) is 11.1. The van der Waals surface area contributed by atoms with Crippen LogP contribution in [0.4, 0.5) is 5.69 Å². The van der Waals surface area contributed by atoms with E-state index in [2.05, 4.69) is 15.7 Å². The molecule has 126 valence electrons. The number of fused-ring (bicyclic) bond motifs is 1. The van der Waals surface area contributed by atoms with E-state index in [1.165, 1.54) is 0 Å². The van der Waals surface area contributed by atoms with Crippen LogP contribution >= 0.6 is 0 Å². The van der Waals surface area contributed by atoms with Gasteiger partial charge in [0.2, 0.25) is 11.8 Å². The first kappa shape index (κ1) is 15.4. The summed E-state index contributed by atoms with van der Waals surface area (Å²) in [6.07, 6.45) is 2.76. The molecule has 0 radical (unpaired) electrons. The van der Waals surface area contributed by atoms with Crippen LogP contribution in [0.25, 0.3) is 16.6 Å². The SMILES string of the molecule is O=C1C[C@H](C(=O)Nc2ccc(-n3ncc4ccccc43)cc2)CCN1. The number of nitrogens with one attached hydrogen (secondary N) is 2. The lowest BCUT2D eigenvalue weighted by atomic mass is 9.96. The number of anilines is 1. The van der Waals surface area contributed by atoms with Gasteiger partial charge in [0, 0.05) is 30.0 Å². The first-order chi connectivity index (χ1) is 12.2. The second-order valence-corrected chi connectivity index (χ2v) is 6.19. The third-order valence-corrected chi connectivity index (χ3v) is 4.47. The number of amides is 2. The monoisotopic (exact) mass is 334 g/mol. The van der Waals surface area contributed by atoms with Gasteiger partial charge in [-0.25, -0.2) is 4.68 Å². The average molecular weight is 334 g/mol. The normalized spacial score (nSPS) is 17.3. The van der Waals surface area contributed by atoms with Crippen LogP contribution in [0.15, 0.2) is 54.7 Å². The van der Waals surface area contributed by atoms with E-state index in [0.29, 0.717) is 13.0 Å². The topological polar surface area (TPSA) is 76.0 Å². The van der Waals surface area contributed by atoms with E-state index in [0.717, 1.165) is 22.3 Å². The average Bonchev–Trinajstić information content (AvgIpc) is 3.06. The molecule has 2 aromatic carbocycles. The van der Waals surface area contributed by atoms with Gasteiger partial charge < -0.3 is 10.6 Å². The molecule has 2 heterocycles. The van der Waals surface area contributed by atoms with Gasteiger partial charge in [-0.2, -0.15) is 5.10 Å². The Hall–Kier alpha value is -3.15. The molecule has 1 saturated heterocycles. The van der Waals surface area contributed by atoms with Crippen LogP contribution in [0, 0.1) is 5.92 Å². The molecule has 1 atom stereocenters. The van der Waals surface area contributed by atoms with Gasteiger partial charge in [0.15, 0.2) is 0 Å². The third-order valence-electron chi connectivity index (χ3n) is 4.47. The van der Waals surface area contributed by atoms with E-state index >= 15 is 0 Å². The highest BCUT2D eigenvalue weighted by Crippen LogP contribution is 2.21. The minimum absolute atomic E-state index is 0.0627. The van der Waals surface area contributed by atoms with Gasteiger partial charge in [-0.15, -0.1) is 0 Å². The zero-order valence-electron chi connectivity index (χ0n) is 13.6. The molecule has 3 aromatic rings. The maximum absolute atomic E-state index is 12.3. The van der Waals surface area contributed by atoms with Crippen molar-refractivity contribution in [3.05, 3.63) is 54.7 Å². The molecule has 1 aliphatic heterocycles. The summed E-state index contributed by atoms with van der Waals surface area (Å²) in [4.78, 5) is 23.7. The Kier molecular flexibility index (Phi) is 3.93. The second-order valence-electron chi connectivity index (χ2n) is 6.19. The largest absolute Gasteiger partial charge is 0.356 e. The molecule has 1 aliphatic rings. The summed E-state index contributed by atoms with van der Waals surface area (Å²) < 4.78 is 1.87. The number of aromatic nitrogens is 2. The van der Waals surface area contributed by atoms with Gasteiger partial charge in [-0.1, -0.05) is 18.2 Å². The molecule has 0 aliphatic carbocycles. The van der Waals surface area contributed by atoms with E-state index in [9.17, 15) is 9.59 Å². The summed E-state index contributed by atoms with van der Waals surface area (Å²) in [5.41, 5.74) is 2.68. The number of para-hydroxylation sites is 1. The quantitative estimate of drug-likeness (QED) is 0.773. The van der Waals surface area contributed by atoms with Crippen LogP contribution in [0.3, 0.4) is 0 Å². The standard InChI is InChI=1S/C19H18N4O2/c24-18-11-13(9-10-20-18)19(25)22-15-5-7-16(8-6-15)23-17-4-2-1-3-14(17)12-21-23/h1-8,12-13H,9-11H2,(H,20,24)(H,22,25)/t13-/m1/s1. The molecule has 2 amide bonds. The summed E-state index contributed by atoms with van der Waals surface area (Å²) in [6.45, 7) is 0.558. The van der Waals surface area contributed by atoms with Crippen LogP contribution < -0.4 is 10.6 Å². The number of carbonyl (C=O) groups excluding carboxylic acids is 2. The van der Waals surface area contributed by atoms with Gasteiger partial charge in [-0.05, 0) is 36.8 Å². The lowest BCUT2D eigenvalue weighted by Crippen LogP contribution is -2.38. The predicted molar refractivity (Wildman–Crippen MR) is 95.4 cm³/mol. The highest BCUT2D eigenvalue weighted by atomic mass is 16.2. The van der Waals surface area contributed by atoms with Crippen molar-refractivity contribution in [1.29, 1.82) is 0 Å². The van der Waals surface area contributed by atoms with Gasteiger partial charge in [0.25, 0.3) is 0 Å². The Labute approximate surface area is 144 Å². The number of hydrogen-bond acceptors (Lipinski definition) is 3. The summed E-state index contributed by atoms with van der Waals surface area (Å²) in [7, 11) is 0. The van der Waals surface area contributed by atoms with Crippen molar-refractivity contribution < 1.29 is 9.59 Å². The number of hydrogen-bond donors (Lipinski definition) is 2. The van der Waals surface area contributed by atoms with Crippen molar-refractivity contribution in [2.24, 2.45) is 5.92 Å². The lowest BCUT2D eigenvalue weighted by molar-refractivity contribution is -0.129. The Morgan fingerprint density at radius 2 is 1.96 bits per heavy atom. The first-order valence-corrected chi connectivity index (χ1v) is 8.31. The van der Waals surface area contributed by atoms with Crippen LogP contribution in [-0.2, 0) is 9.59 Å². The van der Waals surface area contributed by atoms with E-state index in [-0.39, 0.29) is 24.2 Å². The van der Waals surface area contributed by atoms with Gasteiger partial charge >= 0.3 is 0 Å². The fourth-order valence-corrected chi connectivity index (χ4v) is 3.12. The van der Waals surface area contributed by atoms with E-state index in [1.807, 2.05) is 59.4 Å². The molecule has 0 unspecified atom stereocenters. The van der Waals surface area contributed by atoms with Crippen LogP contribution in [0.5, 0.6) is 0 Å². The molecule has 6 nitrogen and oxygen atoms in total. The number of rotatable bonds is 3. The Morgan fingerprint density at radius 1 is 1.16 bits per heavy atom. The minimum Gasteiger partial charge on any atom is -0.356 e. The van der Waals surface area contributed by atoms with Crippen LogP contribution in [0.1, 0.15) is 12.8 Å². The number of piperidine rings is 1. The molecular formula is C19H18N4O2. The fraction of sp³-hybridized carbons (Fsp3) is 0.211. The minimum atomic E-state index is -0.261. The fourth-order valence-electron chi connectivity index (χ4n) is 3.12. The molecule has 4 rings (SSSR count). The van der Waals surface area contributed by atoms with Gasteiger partial charge in [-0.3, -0.25) is 9.59 Å². The van der Waals surface area contributed by atoms with Crippen LogP contribution in [-0.4, -0.2) is 28.1 Å². The number of carbonyl (C=O) groups is 2. The number of benzene rings is 2. The van der Waals surface area contributed by atoms with Crippen LogP contribution in [0.2, 0.25) is 0 Å². The molecule has 25 heavy (non-hydrogen) atoms. The molecule has 2 N–H and O–H groups in total. The highest BCUT2D eigenvalue weighted by molar-refractivity contribution is 5.95. The Morgan fingerprint density at radius 3 is 2.76 bits per heavy atom. The molecular weight excluding hydrogens is 316 g/mol. The zero-order valence-corrected chi connectivity index (χ0v) is 13.6. The highest BCUT2D eigenvalue weighted by Gasteiger charge is 2.25. The Balaban J connectivity index is 1.50. The lowest BCUT2D eigenvalue weighted by Gasteiger charge is -2.21. The van der Waals surface area contributed by atoms with Crippen molar-refractivity contribution in [2.45, 2.75) is 12.8 Å². The van der Waals surface area contributed by atoms with Crippen molar-refractivity contribution in [2.75, 3.05) is 11.9 Å². The summed E-state index contributed by atoms with van der Waals surface area (Å²) in [6, 6.07) is 15.6. The molecule has 1 fully saturated rings. The van der Waals surface area contributed by atoms with Crippen molar-refractivity contribution >= 4 is 28.4 Å². The second kappa shape index (κ2) is 6.39. The summed E-state index contributed by atoms with van der Waals surface area (Å²) >= 11 is 0. The van der Waals surface area contributed by atoms with Gasteiger partial charge in [0.1, 0.15) is 0 Å². The zero-order chi connectivity index (χ0) is 17.2. The van der Waals surface area contributed by atoms with Gasteiger partial charge in [0.05, 0.1) is 17.4 Å². The summed E-state index contributed by atoms with van der Waals surface area (Å²) in [5.74, 6) is -0.428. The predicted octanol–water partition coefficient (Wildman–Crippen LogP) is 2.49. The maximum atomic E-state index is 12.3. The number of nitrogens with zero attached hydrogens (tertiary/aromatic N) is 2. The Bertz CT molecular complexity index is 930. The van der Waals surface area contributed by atoms with E-state index in [1.54, 1.807) is 0 Å². The van der Waals surface area contributed by atoms with E-state index in [4.69, 9.17) is 0 Å². The van der Waals surface area contributed by atoms with Crippen molar-refractivity contribution in [1.82, 2.24) is 15.1 Å². The molecule has 0 bridgehead atoms. The molecule has 0 spiro atoms. The first-order valence-electron chi connectivity index (χ1n) is 8.31. The van der Waals surface area contributed by atoms with Crippen molar-refractivity contribution in [3.8, 4) is 5.69 Å². The molecule has 6 heteroatoms.